The molecule has 0 aliphatic rings. The van der Waals surface area contributed by atoms with Crippen molar-refractivity contribution in [2.24, 2.45) is 0 Å². The van der Waals surface area contributed by atoms with E-state index in [1.165, 1.54) is 6.07 Å². The minimum absolute atomic E-state index is 0.0337. The van der Waals surface area contributed by atoms with Crippen molar-refractivity contribution in [1.29, 1.82) is 0 Å². The Hall–Kier alpha value is -1.71. The van der Waals surface area contributed by atoms with Gasteiger partial charge in [-0.2, -0.15) is 0 Å². The van der Waals surface area contributed by atoms with Crippen LogP contribution in [0.1, 0.15) is 5.56 Å². The number of hydrogen-bond donors (Lipinski definition) is 2. The summed E-state index contributed by atoms with van der Waals surface area (Å²) in [5.74, 6) is -0.352. The number of benzene rings is 2. The van der Waals surface area contributed by atoms with Crippen LogP contribution >= 0.6 is 0 Å². The van der Waals surface area contributed by atoms with Crippen molar-refractivity contribution in [3.63, 3.8) is 0 Å². The van der Waals surface area contributed by atoms with Gasteiger partial charge in [0.05, 0.1) is 0 Å². The molecule has 0 saturated heterocycles. The summed E-state index contributed by atoms with van der Waals surface area (Å²) in [6.07, 6.45) is -1.41. The topological polar surface area (TPSA) is 40.5 Å². The van der Waals surface area contributed by atoms with E-state index in [1.807, 2.05) is 30.3 Å². The van der Waals surface area contributed by atoms with Crippen molar-refractivity contribution in [3.8, 4) is 11.1 Å². The third kappa shape index (κ3) is 2.90. The maximum absolute atomic E-state index is 13.8. The van der Waals surface area contributed by atoms with Crippen molar-refractivity contribution >= 4 is 0 Å². The van der Waals surface area contributed by atoms with Gasteiger partial charge in [0.2, 0.25) is 0 Å². The largest absolute Gasteiger partial charge is 0.368 e. The van der Waals surface area contributed by atoms with Gasteiger partial charge in [-0.05, 0) is 17.2 Å². The van der Waals surface area contributed by atoms with Gasteiger partial charge >= 0.3 is 0 Å². The highest BCUT2D eigenvalue weighted by molar-refractivity contribution is 5.64. The molecule has 2 nitrogen and oxygen atoms in total. The molecule has 2 aromatic carbocycles. The molecule has 0 amide bonds. The second-order valence-electron chi connectivity index (χ2n) is 3.86. The fourth-order valence-electron chi connectivity index (χ4n) is 1.75. The monoisotopic (exact) mass is 232 g/mol. The first-order valence-corrected chi connectivity index (χ1v) is 5.37. The Morgan fingerprint density at radius 3 is 2.29 bits per heavy atom. The molecule has 0 spiro atoms. The van der Waals surface area contributed by atoms with E-state index < -0.39 is 6.29 Å². The number of aliphatic hydroxyl groups is 2. The SMILES string of the molecule is OC(O)Cc1ccc(-c2ccccc2)c(F)c1. The molecule has 0 atom stereocenters. The van der Waals surface area contributed by atoms with E-state index in [1.54, 1.807) is 12.1 Å². The first kappa shape index (κ1) is 11.8. The van der Waals surface area contributed by atoms with Gasteiger partial charge in [-0.3, -0.25) is 0 Å². The molecule has 0 bridgehead atoms. The maximum Gasteiger partial charge on any atom is 0.155 e. The van der Waals surface area contributed by atoms with Gasteiger partial charge < -0.3 is 10.2 Å². The van der Waals surface area contributed by atoms with E-state index in [0.29, 0.717) is 11.1 Å². The van der Waals surface area contributed by atoms with Gasteiger partial charge in [-0.1, -0.05) is 42.5 Å². The molecular weight excluding hydrogens is 219 g/mol. The van der Waals surface area contributed by atoms with Crippen molar-refractivity contribution in [1.82, 2.24) is 0 Å². The third-order valence-electron chi connectivity index (χ3n) is 2.54. The fraction of sp³-hybridized carbons (Fsp3) is 0.143. The normalized spacial score (nSPS) is 10.8. The van der Waals surface area contributed by atoms with Crippen molar-refractivity contribution in [2.75, 3.05) is 0 Å². The Labute approximate surface area is 99.0 Å². The second-order valence-corrected chi connectivity index (χ2v) is 3.86. The summed E-state index contributed by atoms with van der Waals surface area (Å²) in [7, 11) is 0. The zero-order valence-corrected chi connectivity index (χ0v) is 9.18. The van der Waals surface area contributed by atoms with Gasteiger partial charge in [-0.25, -0.2) is 4.39 Å². The highest BCUT2D eigenvalue weighted by atomic mass is 19.1. The number of rotatable bonds is 3. The van der Waals surface area contributed by atoms with Crippen LogP contribution in [0.5, 0.6) is 0 Å². The molecule has 17 heavy (non-hydrogen) atoms. The Morgan fingerprint density at radius 2 is 1.71 bits per heavy atom. The molecule has 0 heterocycles. The highest BCUT2D eigenvalue weighted by Gasteiger charge is 2.07. The van der Waals surface area contributed by atoms with E-state index >= 15 is 0 Å². The summed E-state index contributed by atoms with van der Waals surface area (Å²) < 4.78 is 13.8. The lowest BCUT2D eigenvalue weighted by molar-refractivity contribution is -0.0381. The number of hydrogen-bond acceptors (Lipinski definition) is 2. The predicted molar refractivity (Wildman–Crippen MR) is 63.8 cm³/mol. The summed E-state index contributed by atoms with van der Waals surface area (Å²) >= 11 is 0. The van der Waals surface area contributed by atoms with Crippen molar-refractivity contribution in [2.45, 2.75) is 12.7 Å². The van der Waals surface area contributed by atoms with Crippen molar-refractivity contribution < 1.29 is 14.6 Å². The van der Waals surface area contributed by atoms with Crippen LogP contribution < -0.4 is 0 Å². The zero-order valence-electron chi connectivity index (χ0n) is 9.18. The average molecular weight is 232 g/mol. The molecule has 0 fully saturated rings. The van der Waals surface area contributed by atoms with Gasteiger partial charge in [0.1, 0.15) is 5.82 Å². The Balaban J connectivity index is 2.32. The molecule has 0 unspecified atom stereocenters. The number of halogens is 1. The molecule has 0 aromatic heterocycles. The summed E-state index contributed by atoms with van der Waals surface area (Å²) in [6.45, 7) is 0. The third-order valence-corrected chi connectivity index (χ3v) is 2.54. The van der Waals surface area contributed by atoms with E-state index in [-0.39, 0.29) is 12.2 Å². The molecule has 3 heteroatoms. The van der Waals surface area contributed by atoms with E-state index in [4.69, 9.17) is 10.2 Å². The fourth-order valence-corrected chi connectivity index (χ4v) is 1.75. The minimum Gasteiger partial charge on any atom is -0.368 e. The Bertz CT molecular complexity index is 495. The van der Waals surface area contributed by atoms with Gasteiger partial charge in [0.15, 0.2) is 6.29 Å². The van der Waals surface area contributed by atoms with Gasteiger partial charge in [0, 0.05) is 12.0 Å². The lowest BCUT2D eigenvalue weighted by Gasteiger charge is -2.07. The van der Waals surface area contributed by atoms with Crippen LogP contribution in [0.15, 0.2) is 48.5 Å². The summed E-state index contributed by atoms with van der Waals surface area (Å²) in [5.41, 5.74) is 1.89. The highest BCUT2D eigenvalue weighted by Crippen LogP contribution is 2.23. The smallest absolute Gasteiger partial charge is 0.155 e. The molecule has 0 aliphatic carbocycles. The van der Waals surface area contributed by atoms with E-state index in [9.17, 15) is 4.39 Å². The van der Waals surface area contributed by atoms with Crippen LogP contribution in [0.3, 0.4) is 0 Å². The van der Waals surface area contributed by atoms with Crippen LogP contribution in [0.25, 0.3) is 11.1 Å². The standard InChI is InChI=1S/C14H13FO2/c15-13-8-10(9-14(16)17)6-7-12(13)11-4-2-1-3-5-11/h1-8,14,16-17H,9H2. The lowest BCUT2D eigenvalue weighted by atomic mass is 10.0. The molecule has 0 radical (unpaired) electrons. The molecule has 2 aromatic rings. The van der Waals surface area contributed by atoms with E-state index in [0.717, 1.165) is 5.56 Å². The molecule has 88 valence electrons. The second kappa shape index (κ2) is 5.08. The summed E-state index contributed by atoms with van der Waals surface area (Å²) in [6, 6.07) is 13.9. The van der Waals surface area contributed by atoms with E-state index in [2.05, 4.69) is 0 Å². The minimum atomic E-state index is -1.45. The summed E-state index contributed by atoms with van der Waals surface area (Å²) in [4.78, 5) is 0. The average Bonchev–Trinajstić information content (AvgIpc) is 2.29. The first-order chi connectivity index (χ1) is 8.16. The van der Waals surface area contributed by atoms with Crippen molar-refractivity contribution in [3.05, 3.63) is 59.9 Å². The predicted octanol–water partition coefficient (Wildman–Crippen LogP) is 2.35. The Morgan fingerprint density at radius 1 is 1.00 bits per heavy atom. The lowest BCUT2D eigenvalue weighted by Crippen LogP contribution is -2.08. The van der Waals surface area contributed by atoms with Gasteiger partial charge in [-0.15, -0.1) is 0 Å². The summed E-state index contributed by atoms with van der Waals surface area (Å²) in [5, 5.41) is 17.6. The molecule has 0 saturated carbocycles. The molecule has 2 N–H and O–H groups in total. The van der Waals surface area contributed by atoms with Gasteiger partial charge in [0.25, 0.3) is 0 Å². The molecule has 2 rings (SSSR count). The van der Waals surface area contributed by atoms with Crippen LogP contribution in [0.2, 0.25) is 0 Å². The molecular formula is C14H13FO2. The number of aliphatic hydroxyl groups excluding tert-OH is 1. The van der Waals surface area contributed by atoms with Crippen LogP contribution in [-0.4, -0.2) is 16.5 Å². The maximum atomic E-state index is 13.8. The zero-order chi connectivity index (χ0) is 12.3. The first-order valence-electron chi connectivity index (χ1n) is 5.37. The Kier molecular flexibility index (Phi) is 3.52. The van der Waals surface area contributed by atoms with Crippen LogP contribution in [0.4, 0.5) is 4.39 Å². The quantitative estimate of drug-likeness (QED) is 0.797. The van der Waals surface area contributed by atoms with Crippen LogP contribution in [0, 0.1) is 5.82 Å². The van der Waals surface area contributed by atoms with Crippen LogP contribution in [-0.2, 0) is 6.42 Å². The molecule has 0 aliphatic heterocycles.